The van der Waals surface area contributed by atoms with Gasteiger partial charge >= 0.3 is 0 Å². The van der Waals surface area contributed by atoms with Gasteiger partial charge in [0.15, 0.2) is 11.2 Å². The highest BCUT2D eigenvalue weighted by atomic mass is 16.3. The number of hydrogen-bond acceptors (Lipinski definition) is 4. The molecule has 0 amide bonds. The van der Waals surface area contributed by atoms with Gasteiger partial charge in [0.2, 0.25) is 0 Å². The van der Waals surface area contributed by atoms with Crippen LogP contribution in [0.2, 0.25) is 0 Å². The maximum atomic E-state index is 6.83. The van der Waals surface area contributed by atoms with E-state index in [2.05, 4.69) is 193 Å². The van der Waals surface area contributed by atoms with Gasteiger partial charge in [-0.25, -0.2) is 9.98 Å². The van der Waals surface area contributed by atoms with E-state index < -0.39 is 0 Å². The Labute approximate surface area is 335 Å². The van der Waals surface area contributed by atoms with Crippen molar-refractivity contribution in [2.75, 3.05) is 4.90 Å². The average Bonchev–Trinajstić information content (AvgIpc) is 3.99. The summed E-state index contributed by atoms with van der Waals surface area (Å²) in [7, 11) is 0. The first-order valence-electron chi connectivity index (χ1n) is 19.9. The van der Waals surface area contributed by atoms with Gasteiger partial charge in [0, 0.05) is 55.7 Å². The number of benzene rings is 7. The van der Waals surface area contributed by atoms with Gasteiger partial charge in [0.25, 0.3) is 0 Å². The largest absolute Gasteiger partial charge is 0.452 e. The zero-order valence-corrected chi connectivity index (χ0v) is 31.5. The Morgan fingerprint density at radius 3 is 1.84 bits per heavy atom. The van der Waals surface area contributed by atoms with Gasteiger partial charge in [-0.3, -0.25) is 0 Å². The van der Waals surface area contributed by atoms with Crippen LogP contribution in [0.25, 0.3) is 45.2 Å². The first-order chi connectivity index (χ1) is 28.7. The molecule has 7 aromatic carbocycles. The highest BCUT2D eigenvalue weighted by molar-refractivity contribution is 6.36. The average molecular weight is 742 g/mol. The Morgan fingerprint density at radius 1 is 0.534 bits per heavy atom. The summed E-state index contributed by atoms with van der Waals surface area (Å²) < 4.78 is 6.83. The van der Waals surface area contributed by atoms with E-state index in [9.17, 15) is 0 Å². The number of furan rings is 1. The number of hydrogen-bond donors (Lipinski definition) is 0. The van der Waals surface area contributed by atoms with E-state index >= 15 is 0 Å². The van der Waals surface area contributed by atoms with Crippen LogP contribution in [0.3, 0.4) is 0 Å². The van der Waals surface area contributed by atoms with Crippen molar-refractivity contribution in [3.63, 3.8) is 0 Å². The van der Waals surface area contributed by atoms with Crippen molar-refractivity contribution in [1.29, 1.82) is 0 Å². The highest BCUT2D eigenvalue weighted by Gasteiger charge is 2.34. The molecule has 4 aliphatic rings. The Hall–Kier alpha value is -7.56. The number of allylic oxidation sites excluding steroid dienone is 2. The van der Waals surface area contributed by atoms with Crippen LogP contribution >= 0.6 is 0 Å². The van der Waals surface area contributed by atoms with E-state index in [0.717, 1.165) is 62.3 Å². The Balaban J connectivity index is 0.897. The maximum absolute atomic E-state index is 6.83. The second-order valence-electron chi connectivity index (χ2n) is 15.2. The first-order valence-corrected chi connectivity index (χ1v) is 19.9. The molecule has 1 aromatic heterocycles. The predicted molar refractivity (Wildman–Crippen MR) is 236 cm³/mol. The summed E-state index contributed by atoms with van der Waals surface area (Å²) in [5.74, 6) is 0.899. The molecule has 1 unspecified atom stereocenters. The van der Waals surface area contributed by atoms with E-state index in [4.69, 9.17) is 14.4 Å². The molecule has 0 spiro atoms. The highest BCUT2D eigenvalue weighted by Crippen LogP contribution is 2.42. The minimum atomic E-state index is 0.0221. The number of nitrogens with zero attached hydrogens (tertiary/aromatic N) is 3. The van der Waals surface area contributed by atoms with Gasteiger partial charge in [0.1, 0.15) is 11.4 Å². The van der Waals surface area contributed by atoms with Crippen LogP contribution in [0.15, 0.2) is 202 Å². The van der Waals surface area contributed by atoms with Crippen LogP contribution in [0, 0.1) is 0 Å². The van der Waals surface area contributed by atoms with Crippen LogP contribution in [-0.4, -0.2) is 5.71 Å². The second-order valence-corrected chi connectivity index (χ2v) is 15.2. The van der Waals surface area contributed by atoms with Crippen molar-refractivity contribution in [3.05, 3.63) is 232 Å². The minimum absolute atomic E-state index is 0.0221. The summed E-state index contributed by atoms with van der Waals surface area (Å²) >= 11 is 0. The zero-order chi connectivity index (χ0) is 38.2. The standard InChI is InChI=1S/C54H35N3O/c1-3-11-34(12-4-1)36-23-27-40(28-24-36)57(39-13-5-2-6-14-39)41-29-25-37(26-30-41)35-19-21-38(22-20-35)46-33-47-44-32-31-43-42-15-7-9-17-48(42)55-51(43)53(44)58-54(47)52-50(46)45-16-8-10-18-49(45)56-52/h1-31,33,46H,32H2. The molecule has 272 valence electrons. The van der Waals surface area contributed by atoms with Gasteiger partial charge in [-0.1, -0.05) is 146 Å². The molecular weight excluding hydrogens is 707 g/mol. The van der Waals surface area contributed by atoms with Crippen LogP contribution in [0.4, 0.5) is 22.7 Å². The Bertz CT molecular complexity index is 3270. The fraction of sp³-hybridized carbons (Fsp3) is 0.0370. The summed E-state index contributed by atoms with van der Waals surface area (Å²) in [4.78, 5) is 12.6. The lowest BCUT2D eigenvalue weighted by Gasteiger charge is -2.26. The summed E-state index contributed by atoms with van der Waals surface area (Å²) in [6, 6.07) is 64.8. The monoisotopic (exact) mass is 741 g/mol. The molecule has 1 atom stereocenters. The van der Waals surface area contributed by atoms with E-state index in [0.29, 0.717) is 0 Å². The normalized spacial score (nSPS) is 15.4. The van der Waals surface area contributed by atoms with Gasteiger partial charge in [-0.05, 0) is 82.8 Å². The maximum Gasteiger partial charge on any atom is 0.160 e. The molecule has 0 N–H and O–H groups in total. The summed E-state index contributed by atoms with van der Waals surface area (Å²) in [6.07, 6.45) is 5.52. The Kier molecular flexibility index (Phi) is 7.32. The van der Waals surface area contributed by atoms with Gasteiger partial charge in [-0.15, -0.1) is 0 Å². The van der Waals surface area contributed by atoms with Crippen LogP contribution < -0.4 is 26.1 Å². The van der Waals surface area contributed by atoms with E-state index in [1.165, 1.54) is 55.3 Å². The second kappa shape index (κ2) is 13.0. The number of para-hydroxylation sites is 3. The fourth-order valence-corrected chi connectivity index (χ4v) is 9.17. The number of aliphatic imine (C=N–C) groups is 1. The van der Waals surface area contributed by atoms with Crippen molar-refractivity contribution >= 4 is 51.4 Å². The molecule has 3 heterocycles. The lowest BCUT2D eigenvalue weighted by atomic mass is 9.83. The molecule has 0 bridgehead atoms. The van der Waals surface area contributed by atoms with Gasteiger partial charge in [0.05, 0.1) is 11.0 Å². The van der Waals surface area contributed by atoms with E-state index in [-0.39, 0.29) is 5.92 Å². The first kappa shape index (κ1) is 32.7. The SMILES string of the molecule is C1=C2C(=Nc3ccccc32)c2oc3c(c2C1)=CC(c1ccc(-c2ccc(N(c4ccccc4)c4ccc(-c5ccccc5)cc4)cc2)cc1)C1=c2ccccc2=NC=31. The summed E-state index contributed by atoms with van der Waals surface area (Å²) in [6.45, 7) is 0. The van der Waals surface area contributed by atoms with Crippen molar-refractivity contribution in [3.8, 4) is 22.3 Å². The van der Waals surface area contributed by atoms with E-state index in [1.54, 1.807) is 0 Å². The summed E-state index contributed by atoms with van der Waals surface area (Å²) in [5.41, 5.74) is 17.8. The molecule has 2 aliphatic heterocycles. The number of rotatable bonds is 6. The lowest BCUT2D eigenvalue weighted by molar-refractivity contribution is 0.517. The smallest absolute Gasteiger partial charge is 0.160 e. The quantitative estimate of drug-likeness (QED) is 0.170. The van der Waals surface area contributed by atoms with Crippen LogP contribution in [-0.2, 0) is 6.42 Å². The third-order valence-electron chi connectivity index (χ3n) is 12.0. The zero-order valence-electron chi connectivity index (χ0n) is 31.5. The molecule has 0 radical (unpaired) electrons. The van der Waals surface area contributed by atoms with Crippen LogP contribution in [0.1, 0.15) is 28.4 Å². The Morgan fingerprint density at radius 2 is 1.12 bits per heavy atom. The van der Waals surface area contributed by atoms with Gasteiger partial charge in [-0.2, -0.15) is 0 Å². The van der Waals surface area contributed by atoms with Crippen molar-refractivity contribution < 1.29 is 4.42 Å². The summed E-state index contributed by atoms with van der Waals surface area (Å²) in [5, 5.41) is 3.30. The third kappa shape index (κ3) is 5.15. The molecule has 0 saturated carbocycles. The van der Waals surface area contributed by atoms with Gasteiger partial charge < -0.3 is 9.32 Å². The number of anilines is 3. The topological polar surface area (TPSA) is 41.1 Å². The molecule has 0 fully saturated rings. The molecule has 2 aliphatic carbocycles. The molecule has 0 saturated heterocycles. The third-order valence-corrected chi connectivity index (χ3v) is 12.0. The molecule has 8 aromatic rings. The van der Waals surface area contributed by atoms with Crippen LogP contribution in [0.5, 0.6) is 0 Å². The number of fused-ring (bicyclic) bond motifs is 9. The van der Waals surface area contributed by atoms with E-state index in [1.807, 2.05) is 6.07 Å². The molecule has 4 nitrogen and oxygen atoms in total. The molecule has 58 heavy (non-hydrogen) atoms. The van der Waals surface area contributed by atoms with Crippen molar-refractivity contribution in [1.82, 2.24) is 0 Å². The lowest BCUT2D eigenvalue weighted by Crippen LogP contribution is -2.32. The fourth-order valence-electron chi connectivity index (χ4n) is 9.17. The molecule has 4 heteroatoms. The molecular formula is C54H35N3O. The predicted octanol–water partition coefficient (Wildman–Crippen LogP) is 10.3. The van der Waals surface area contributed by atoms with Crippen molar-refractivity contribution in [2.45, 2.75) is 12.3 Å². The molecule has 12 rings (SSSR count). The van der Waals surface area contributed by atoms with Crippen molar-refractivity contribution in [2.24, 2.45) is 9.98 Å². The minimum Gasteiger partial charge on any atom is -0.452 e.